The van der Waals surface area contributed by atoms with Crippen LogP contribution in [0.5, 0.6) is 0 Å². The lowest BCUT2D eigenvalue weighted by molar-refractivity contribution is 0.0937. The number of nitrogens with zero attached hydrogens (tertiary/aromatic N) is 3. The number of aromatic nitrogens is 2. The zero-order valence-corrected chi connectivity index (χ0v) is 15.1. The van der Waals surface area contributed by atoms with Crippen molar-refractivity contribution in [2.75, 3.05) is 49.8 Å². The number of carbonyl (C=O) groups is 1. The zero-order valence-electron chi connectivity index (χ0n) is 14.3. The smallest absolute Gasteiger partial charge is 0.256 e. The molecular formula is C18H22N4O2S. The van der Waals surface area contributed by atoms with Crippen molar-refractivity contribution in [1.29, 1.82) is 0 Å². The van der Waals surface area contributed by atoms with Crippen LogP contribution in [0.1, 0.15) is 10.4 Å². The molecule has 0 unspecified atom stereocenters. The minimum atomic E-state index is -0.162. The molecule has 6 nitrogen and oxygen atoms in total. The van der Waals surface area contributed by atoms with Gasteiger partial charge in [0.15, 0.2) is 5.82 Å². The number of benzene rings is 1. The Morgan fingerprint density at radius 3 is 2.76 bits per heavy atom. The molecule has 1 aliphatic rings. The van der Waals surface area contributed by atoms with Crippen LogP contribution in [0.4, 0.5) is 5.82 Å². The average Bonchev–Trinajstić information content (AvgIpc) is 2.69. The van der Waals surface area contributed by atoms with Gasteiger partial charge < -0.3 is 15.0 Å². The van der Waals surface area contributed by atoms with E-state index in [-0.39, 0.29) is 5.91 Å². The molecule has 1 N–H and O–H groups in total. The SMILES string of the molecule is COCCNC(=O)c1cnc(-c2ccccc2)nc1N1CCSCC1. The summed E-state index contributed by atoms with van der Waals surface area (Å²) in [6, 6.07) is 9.83. The van der Waals surface area contributed by atoms with E-state index in [2.05, 4.69) is 15.2 Å². The van der Waals surface area contributed by atoms with Crippen LogP contribution in [0, 0.1) is 0 Å². The Hall–Kier alpha value is -2.12. The van der Waals surface area contributed by atoms with Gasteiger partial charge in [0.05, 0.1) is 6.61 Å². The van der Waals surface area contributed by atoms with Crippen LogP contribution in [-0.4, -0.2) is 60.7 Å². The maximum absolute atomic E-state index is 12.6. The van der Waals surface area contributed by atoms with Gasteiger partial charge in [-0.05, 0) is 0 Å². The maximum atomic E-state index is 12.6. The maximum Gasteiger partial charge on any atom is 0.256 e. The van der Waals surface area contributed by atoms with E-state index in [0.717, 1.165) is 30.2 Å². The Balaban J connectivity index is 1.91. The fraction of sp³-hybridized carbons (Fsp3) is 0.389. The molecule has 25 heavy (non-hydrogen) atoms. The minimum Gasteiger partial charge on any atom is -0.383 e. The molecule has 132 valence electrons. The van der Waals surface area contributed by atoms with E-state index in [9.17, 15) is 4.79 Å². The lowest BCUT2D eigenvalue weighted by Crippen LogP contribution is -2.36. The van der Waals surface area contributed by atoms with Crippen molar-refractivity contribution in [3.63, 3.8) is 0 Å². The van der Waals surface area contributed by atoms with E-state index < -0.39 is 0 Å². The van der Waals surface area contributed by atoms with Crippen LogP contribution in [0.3, 0.4) is 0 Å². The van der Waals surface area contributed by atoms with Crippen LogP contribution in [0.2, 0.25) is 0 Å². The summed E-state index contributed by atoms with van der Waals surface area (Å²) in [5.74, 6) is 3.27. The number of nitrogens with one attached hydrogen (secondary N) is 1. The van der Waals surface area contributed by atoms with Gasteiger partial charge in [-0.3, -0.25) is 4.79 Å². The number of hydrogen-bond donors (Lipinski definition) is 1. The number of ether oxygens (including phenoxy) is 1. The summed E-state index contributed by atoms with van der Waals surface area (Å²) in [7, 11) is 1.61. The van der Waals surface area contributed by atoms with Gasteiger partial charge in [0.1, 0.15) is 11.4 Å². The summed E-state index contributed by atoms with van der Waals surface area (Å²) in [6.45, 7) is 2.71. The van der Waals surface area contributed by atoms with Crippen molar-refractivity contribution in [3.8, 4) is 11.4 Å². The van der Waals surface area contributed by atoms with Gasteiger partial charge in [-0.15, -0.1) is 0 Å². The molecule has 2 aromatic rings. The highest BCUT2D eigenvalue weighted by Gasteiger charge is 2.21. The molecule has 7 heteroatoms. The summed E-state index contributed by atoms with van der Waals surface area (Å²) >= 11 is 1.92. The molecule has 0 bridgehead atoms. The Labute approximate surface area is 152 Å². The van der Waals surface area contributed by atoms with Gasteiger partial charge in [-0.2, -0.15) is 11.8 Å². The predicted molar refractivity (Wildman–Crippen MR) is 101 cm³/mol. The Bertz CT molecular complexity index is 705. The van der Waals surface area contributed by atoms with Gasteiger partial charge in [0, 0.05) is 50.0 Å². The van der Waals surface area contributed by atoms with Crippen LogP contribution in [0.15, 0.2) is 36.5 Å². The van der Waals surface area contributed by atoms with Crippen LogP contribution >= 0.6 is 11.8 Å². The largest absolute Gasteiger partial charge is 0.383 e. The Kier molecular flexibility index (Phi) is 6.25. The molecule has 0 radical (unpaired) electrons. The number of amides is 1. The summed E-state index contributed by atoms with van der Waals surface area (Å²) in [5, 5.41) is 2.86. The highest BCUT2D eigenvalue weighted by molar-refractivity contribution is 7.99. The molecule has 0 saturated carbocycles. The topological polar surface area (TPSA) is 67.3 Å². The Morgan fingerprint density at radius 1 is 1.28 bits per heavy atom. The number of carbonyl (C=O) groups excluding carboxylic acids is 1. The van der Waals surface area contributed by atoms with Crippen LogP contribution < -0.4 is 10.2 Å². The first-order valence-electron chi connectivity index (χ1n) is 8.32. The molecule has 2 heterocycles. The summed E-state index contributed by atoms with van der Waals surface area (Å²) in [6.07, 6.45) is 1.63. The van der Waals surface area contributed by atoms with Gasteiger partial charge in [-0.1, -0.05) is 30.3 Å². The molecule has 3 rings (SSSR count). The number of hydrogen-bond acceptors (Lipinski definition) is 6. The second-order valence-corrected chi connectivity index (χ2v) is 6.87. The molecule has 0 atom stereocenters. The quantitative estimate of drug-likeness (QED) is 0.798. The zero-order chi connectivity index (χ0) is 17.5. The highest BCUT2D eigenvalue weighted by Crippen LogP contribution is 2.24. The molecule has 1 saturated heterocycles. The number of methoxy groups -OCH3 is 1. The van der Waals surface area contributed by atoms with E-state index >= 15 is 0 Å². The Morgan fingerprint density at radius 2 is 2.04 bits per heavy atom. The standard InChI is InChI=1S/C18H22N4O2S/c1-24-10-7-19-18(23)15-13-20-16(14-5-3-2-4-6-14)21-17(15)22-8-11-25-12-9-22/h2-6,13H,7-12H2,1H3,(H,19,23). The number of rotatable bonds is 6. The van der Waals surface area contributed by atoms with Crippen molar-refractivity contribution in [3.05, 3.63) is 42.1 Å². The molecule has 0 spiro atoms. The normalized spacial score (nSPS) is 14.4. The lowest BCUT2D eigenvalue weighted by atomic mass is 10.2. The highest BCUT2D eigenvalue weighted by atomic mass is 32.2. The van der Waals surface area contributed by atoms with E-state index in [4.69, 9.17) is 9.72 Å². The van der Waals surface area contributed by atoms with Crippen LogP contribution in [-0.2, 0) is 4.74 Å². The van der Waals surface area contributed by atoms with Crippen molar-refractivity contribution < 1.29 is 9.53 Å². The van der Waals surface area contributed by atoms with Gasteiger partial charge >= 0.3 is 0 Å². The van der Waals surface area contributed by atoms with Gasteiger partial charge in [-0.25, -0.2) is 9.97 Å². The third kappa shape index (κ3) is 4.49. The fourth-order valence-corrected chi connectivity index (χ4v) is 3.54. The molecule has 1 aromatic carbocycles. The lowest BCUT2D eigenvalue weighted by Gasteiger charge is -2.29. The summed E-state index contributed by atoms with van der Waals surface area (Å²) in [4.78, 5) is 23.9. The molecule has 1 amide bonds. The average molecular weight is 358 g/mol. The van der Waals surface area contributed by atoms with Crippen molar-refractivity contribution in [1.82, 2.24) is 15.3 Å². The third-order valence-corrected chi connectivity index (χ3v) is 4.89. The van der Waals surface area contributed by atoms with Crippen molar-refractivity contribution in [2.24, 2.45) is 0 Å². The van der Waals surface area contributed by atoms with Crippen molar-refractivity contribution >= 4 is 23.5 Å². The van der Waals surface area contributed by atoms with Crippen LogP contribution in [0.25, 0.3) is 11.4 Å². The van der Waals surface area contributed by atoms with Gasteiger partial charge in [0.25, 0.3) is 5.91 Å². The van der Waals surface area contributed by atoms with Crippen molar-refractivity contribution in [2.45, 2.75) is 0 Å². The second-order valence-electron chi connectivity index (χ2n) is 5.65. The first-order chi connectivity index (χ1) is 12.3. The number of thioether (sulfide) groups is 1. The van der Waals surface area contributed by atoms with E-state index in [1.807, 2.05) is 42.1 Å². The molecule has 1 fully saturated rings. The second kappa shape index (κ2) is 8.82. The summed E-state index contributed by atoms with van der Waals surface area (Å²) in [5.41, 5.74) is 1.46. The fourth-order valence-electron chi connectivity index (χ4n) is 2.64. The first-order valence-corrected chi connectivity index (χ1v) is 9.47. The van der Waals surface area contributed by atoms with E-state index in [1.54, 1.807) is 13.3 Å². The third-order valence-electron chi connectivity index (χ3n) is 3.95. The molecule has 1 aliphatic heterocycles. The number of anilines is 1. The molecule has 0 aliphatic carbocycles. The monoisotopic (exact) mass is 358 g/mol. The first kappa shape index (κ1) is 17.7. The predicted octanol–water partition coefficient (Wildman–Crippen LogP) is 2.07. The van der Waals surface area contributed by atoms with Gasteiger partial charge in [0.2, 0.25) is 0 Å². The minimum absolute atomic E-state index is 0.162. The molecular weight excluding hydrogens is 336 g/mol. The summed E-state index contributed by atoms with van der Waals surface area (Å²) < 4.78 is 4.99. The van der Waals surface area contributed by atoms with E-state index in [0.29, 0.717) is 30.4 Å². The molecule has 1 aromatic heterocycles. The van der Waals surface area contributed by atoms with E-state index in [1.165, 1.54) is 0 Å².